The molecular formula is C14H12N4O2S. The van der Waals surface area contributed by atoms with Gasteiger partial charge in [0.05, 0.1) is 0 Å². The molecule has 2 heterocycles. The van der Waals surface area contributed by atoms with Crippen LogP contribution in [0.3, 0.4) is 0 Å². The van der Waals surface area contributed by atoms with Crippen LogP contribution in [0.2, 0.25) is 0 Å². The SMILES string of the molecule is CC(=O)N1N=C(c2ccccc2)Sc2c1ncn2C(C)=O. The van der Waals surface area contributed by atoms with Gasteiger partial charge in [-0.15, -0.1) is 0 Å². The van der Waals surface area contributed by atoms with Gasteiger partial charge in [-0.2, -0.15) is 10.1 Å². The molecule has 0 fully saturated rings. The highest BCUT2D eigenvalue weighted by atomic mass is 32.2. The van der Waals surface area contributed by atoms with Gasteiger partial charge in [-0.1, -0.05) is 30.3 Å². The van der Waals surface area contributed by atoms with Crippen LogP contribution in [-0.4, -0.2) is 26.4 Å². The monoisotopic (exact) mass is 300 g/mol. The fourth-order valence-corrected chi connectivity index (χ4v) is 3.02. The first-order chi connectivity index (χ1) is 10.1. The van der Waals surface area contributed by atoms with Crippen molar-refractivity contribution in [2.75, 3.05) is 5.01 Å². The number of thioether (sulfide) groups is 1. The van der Waals surface area contributed by atoms with E-state index in [0.29, 0.717) is 15.9 Å². The van der Waals surface area contributed by atoms with Crippen molar-refractivity contribution < 1.29 is 9.59 Å². The fourth-order valence-electron chi connectivity index (χ4n) is 1.96. The van der Waals surface area contributed by atoms with Gasteiger partial charge in [-0.25, -0.2) is 4.98 Å². The normalized spacial score (nSPS) is 13.6. The van der Waals surface area contributed by atoms with Crippen LogP contribution < -0.4 is 5.01 Å². The van der Waals surface area contributed by atoms with Gasteiger partial charge in [0, 0.05) is 19.4 Å². The van der Waals surface area contributed by atoms with Gasteiger partial charge in [0.25, 0.3) is 0 Å². The quantitative estimate of drug-likeness (QED) is 0.811. The van der Waals surface area contributed by atoms with Crippen molar-refractivity contribution in [2.45, 2.75) is 18.9 Å². The number of hydrazone groups is 1. The number of hydrogen-bond acceptors (Lipinski definition) is 5. The number of hydrogen-bond donors (Lipinski definition) is 0. The summed E-state index contributed by atoms with van der Waals surface area (Å²) in [5.74, 6) is -0.0183. The van der Waals surface area contributed by atoms with Crippen LogP contribution in [0.4, 0.5) is 5.82 Å². The van der Waals surface area contributed by atoms with Crippen molar-refractivity contribution >= 4 is 34.4 Å². The molecule has 0 saturated carbocycles. The van der Waals surface area contributed by atoms with Crippen molar-refractivity contribution in [1.29, 1.82) is 0 Å². The first-order valence-corrected chi connectivity index (χ1v) is 7.10. The summed E-state index contributed by atoms with van der Waals surface area (Å²) < 4.78 is 1.42. The zero-order chi connectivity index (χ0) is 15.0. The summed E-state index contributed by atoms with van der Waals surface area (Å²) in [6, 6.07) is 9.52. The molecule has 3 rings (SSSR count). The lowest BCUT2D eigenvalue weighted by molar-refractivity contribution is -0.116. The van der Waals surface area contributed by atoms with Crippen LogP contribution in [0.1, 0.15) is 24.2 Å². The number of aromatic nitrogens is 2. The summed E-state index contributed by atoms with van der Waals surface area (Å²) in [5.41, 5.74) is 0.885. The molecule has 1 aromatic heterocycles. The van der Waals surface area contributed by atoms with Crippen LogP contribution >= 0.6 is 11.8 Å². The predicted molar refractivity (Wildman–Crippen MR) is 80.5 cm³/mol. The Morgan fingerprint density at radius 1 is 1.10 bits per heavy atom. The molecule has 0 radical (unpaired) electrons. The maximum absolute atomic E-state index is 11.8. The predicted octanol–water partition coefficient (Wildman–Crippen LogP) is 2.36. The minimum absolute atomic E-state index is 0.158. The average molecular weight is 300 g/mol. The summed E-state index contributed by atoms with van der Waals surface area (Å²) in [7, 11) is 0. The van der Waals surface area contributed by atoms with E-state index in [-0.39, 0.29) is 11.8 Å². The van der Waals surface area contributed by atoms with E-state index in [0.717, 1.165) is 5.56 Å². The van der Waals surface area contributed by atoms with Crippen molar-refractivity contribution in [2.24, 2.45) is 5.10 Å². The van der Waals surface area contributed by atoms with Gasteiger partial charge in [0.2, 0.25) is 11.8 Å². The number of benzene rings is 1. The smallest absolute Gasteiger partial charge is 0.245 e. The highest BCUT2D eigenvalue weighted by Crippen LogP contribution is 2.36. The van der Waals surface area contributed by atoms with E-state index < -0.39 is 0 Å². The van der Waals surface area contributed by atoms with Crippen molar-refractivity contribution in [3.05, 3.63) is 42.2 Å². The van der Waals surface area contributed by atoms with Gasteiger partial charge in [0.1, 0.15) is 16.4 Å². The molecule has 0 N–H and O–H groups in total. The van der Waals surface area contributed by atoms with Crippen molar-refractivity contribution in [3.63, 3.8) is 0 Å². The number of fused-ring (bicyclic) bond motifs is 1. The summed E-state index contributed by atoms with van der Waals surface area (Å²) in [6.07, 6.45) is 1.42. The molecule has 1 aromatic carbocycles. The molecule has 106 valence electrons. The van der Waals surface area contributed by atoms with E-state index in [4.69, 9.17) is 0 Å². The number of imidazole rings is 1. The molecule has 21 heavy (non-hydrogen) atoms. The van der Waals surface area contributed by atoms with Crippen LogP contribution in [0, 0.1) is 0 Å². The lowest BCUT2D eigenvalue weighted by atomic mass is 10.2. The van der Waals surface area contributed by atoms with E-state index in [1.165, 1.54) is 41.5 Å². The van der Waals surface area contributed by atoms with Crippen LogP contribution in [0.15, 0.2) is 46.8 Å². The van der Waals surface area contributed by atoms with Crippen LogP contribution in [-0.2, 0) is 4.79 Å². The van der Waals surface area contributed by atoms with Gasteiger partial charge >= 0.3 is 0 Å². The first kappa shape index (κ1) is 13.6. The minimum atomic E-state index is -0.251. The molecule has 0 spiro atoms. The second kappa shape index (κ2) is 5.17. The number of amides is 1. The van der Waals surface area contributed by atoms with E-state index in [9.17, 15) is 9.59 Å². The number of carbonyl (C=O) groups excluding carboxylic acids is 2. The molecule has 2 aromatic rings. The van der Waals surface area contributed by atoms with E-state index in [1.54, 1.807) is 0 Å². The standard InChI is InChI=1S/C14H12N4O2S/c1-9(19)17-8-15-12-14(17)21-13(16-18(12)10(2)20)11-6-4-3-5-7-11/h3-8H,1-2H3. The van der Waals surface area contributed by atoms with Gasteiger partial charge < -0.3 is 0 Å². The second-order valence-electron chi connectivity index (χ2n) is 4.47. The lowest BCUT2D eigenvalue weighted by Gasteiger charge is -2.21. The molecule has 0 unspecified atom stereocenters. The third kappa shape index (κ3) is 2.36. The maximum Gasteiger partial charge on any atom is 0.245 e. The van der Waals surface area contributed by atoms with E-state index in [1.807, 2.05) is 30.3 Å². The zero-order valence-corrected chi connectivity index (χ0v) is 12.3. The Bertz CT molecular complexity index is 752. The highest BCUT2D eigenvalue weighted by molar-refractivity contribution is 8.14. The summed E-state index contributed by atoms with van der Waals surface area (Å²) >= 11 is 1.33. The number of rotatable bonds is 1. The second-order valence-corrected chi connectivity index (χ2v) is 5.44. The number of nitrogens with zero attached hydrogens (tertiary/aromatic N) is 4. The van der Waals surface area contributed by atoms with E-state index >= 15 is 0 Å². The van der Waals surface area contributed by atoms with Gasteiger partial charge in [-0.3, -0.25) is 14.2 Å². The topological polar surface area (TPSA) is 67.6 Å². The zero-order valence-electron chi connectivity index (χ0n) is 11.5. The van der Waals surface area contributed by atoms with Gasteiger partial charge in [0.15, 0.2) is 5.82 Å². The Balaban J connectivity index is 2.12. The van der Waals surface area contributed by atoms with Crippen LogP contribution in [0.25, 0.3) is 0 Å². The summed E-state index contributed by atoms with van der Waals surface area (Å²) in [5, 5.41) is 6.83. The molecule has 1 aliphatic heterocycles. The third-order valence-corrected chi connectivity index (χ3v) is 4.03. The third-order valence-electron chi connectivity index (χ3n) is 2.95. The van der Waals surface area contributed by atoms with Crippen molar-refractivity contribution in [3.8, 4) is 0 Å². The Morgan fingerprint density at radius 2 is 1.81 bits per heavy atom. The maximum atomic E-state index is 11.8. The Labute approximate surface area is 125 Å². The van der Waals surface area contributed by atoms with Crippen molar-refractivity contribution in [1.82, 2.24) is 9.55 Å². The molecule has 6 nitrogen and oxygen atoms in total. The summed E-state index contributed by atoms with van der Waals surface area (Å²) in [6.45, 7) is 2.87. The average Bonchev–Trinajstić information content (AvgIpc) is 2.90. The molecule has 0 atom stereocenters. The molecular weight excluding hydrogens is 288 g/mol. The molecule has 0 aliphatic carbocycles. The number of carbonyl (C=O) groups is 2. The number of anilines is 1. The summed E-state index contributed by atoms with van der Waals surface area (Å²) in [4.78, 5) is 27.6. The highest BCUT2D eigenvalue weighted by Gasteiger charge is 2.29. The Kier molecular flexibility index (Phi) is 3.34. The first-order valence-electron chi connectivity index (χ1n) is 6.29. The molecule has 7 heteroatoms. The molecule has 1 aliphatic rings. The fraction of sp³-hybridized carbons (Fsp3) is 0.143. The molecule has 0 saturated heterocycles. The Morgan fingerprint density at radius 3 is 2.43 bits per heavy atom. The minimum Gasteiger partial charge on any atom is -0.274 e. The van der Waals surface area contributed by atoms with Crippen LogP contribution in [0.5, 0.6) is 0 Å². The van der Waals surface area contributed by atoms with Gasteiger partial charge in [-0.05, 0) is 11.8 Å². The lowest BCUT2D eigenvalue weighted by Crippen LogP contribution is -2.28. The van der Waals surface area contributed by atoms with E-state index in [2.05, 4.69) is 10.1 Å². The largest absolute Gasteiger partial charge is 0.274 e. The molecule has 0 bridgehead atoms. The molecule has 1 amide bonds. The Hall–Kier alpha value is -2.41.